The summed E-state index contributed by atoms with van der Waals surface area (Å²) in [5.74, 6) is -0.353. The Kier molecular flexibility index (Phi) is 7.37. The van der Waals surface area contributed by atoms with Gasteiger partial charge in [-0.3, -0.25) is 4.79 Å². The largest absolute Gasteiger partial charge is 0.391 e. The molecule has 0 aromatic carbocycles. The Morgan fingerprint density at radius 1 is 1.64 bits per heavy atom. The van der Waals surface area contributed by atoms with Crippen LogP contribution < -0.4 is 11.1 Å². The van der Waals surface area contributed by atoms with E-state index < -0.39 is 6.10 Å². The number of nitrogens with two attached hydrogens (primary N) is 1. The van der Waals surface area contributed by atoms with Crippen molar-refractivity contribution >= 4 is 5.91 Å². The van der Waals surface area contributed by atoms with E-state index in [-0.39, 0.29) is 11.9 Å². The van der Waals surface area contributed by atoms with E-state index in [0.717, 1.165) is 0 Å². The van der Waals surface area contributed by atoms with Crippen molar-refractivity contribution in [3.05, 3.63) is 0 Å². The number of carbonyl (C=O) groups excluding carboxylic acids is 1. The minimum atomic E-state index is -0.488. The van der Waals surface area contributed by atoms with Crippen LogP contribution in [0.2, 0.25) is 0 Å². The molecule has 14 heavy (non-hydrogen) atoms. The summed E-state index contributed by atoms with van der Waals surface area (Å²) in [6.07, 6.45) is 0.728. The van der Waals surface area contributed by atoms with Crippen LogP contribution >= 0.6 is 0 Å². The second-order valence-corrected chi connectivity index (χ2v) is 3.22. The summed E-state index contributed by atoms with van der Waals surface area (Å²) in [4.78, 5) is 10.8. The van der Waals surface area contributed by atoms with Gasteiger partial charge in [0.05, 0.1) is 18.8 Å². The van der Waals surface area contributed by atoms with Gasteiger partial charge in [-0.05, 0) is 19.4 Å². The van der Waals surface area contributed by atoms with Crippen molar-refractivity contribution in [2.24, 2.45) is 5.73 Å². The molecule has 0 saturated heterocycles. The molecule has 0 rings (SSSR count). The quantitative estimate of drug-likeness (QED) is 0.485. The molecule has 5 nitrogen and oxygen atoms in total. The van der Waals surface area contributed by atoms with Gasteiger partial charge in [-0.15, -0.1) is 0 Å². The number of aliphatic hydroxyl groups is 1. The fourth-order valence-electron chi connectivity index (χ4n) is 1.15. The Morgan fingerprint density at radius 2 is 2.29 bits per heavy atom. The molecule has 0 aliphatic rings. The second kappa shape index (κ2) is 7.73. The maximum absolute atomic E-state index is 10.8. The molecule has 0 aliphatic carbocycles. The normalized spacial score (nSPS) is 15.1. The molecule has 0 heterocycles. The van der Waals surface area contributed by atoms with Crippen LogP contribution in [-0.4, -0.2) is 43.4 Å². The molecule has 2 unspecified atom stereocenters. The van der Waals surface area contributed by atoms with Crippen LogP contribution in [0.4, 0.5) is 0 Å². The van der Waals surface area contributed by atoms with Crippen LogP contribution in [0.1, 0.15) is 19.8 Å². The third kappa shape index (κ3) is 5.90. The Labute approximate surface area is 84.6 Å². The Balaban J connectivity index is 3.55. The highest BCUT2D eigenvalue weighted by molar-refractivity contribution is 5.79. The van der Waals surface area contributed by atoms with Crippen LogP contribution in [0.3, 0.4) is 0 Å². The lowest BCUT2D eigenvalue weighted by molar-refractivity contribution is -0.120. The lowest BCUT2D eigenvalue weighted by atomic mass is 10.2. The first-order chi connectivity index (χ1) is 6.61. The number of methoxy groups -OCH3 is 1. The molecular weight excluding hydrogens is 184 g/mol. The third-order valence-electron chi connectivity index (χ3n) is 1.98. The average molecular weight is 204 g/mol. The molecule has 84 valence electrons. The Morgan fingerprint density at radius 3 is 2.71 bits per heavy atom. The highest BCUT2D eigenvalue weighted by atomic mass is 16.5. The van der Waals surface area contributed by atoms with Crippen molar-refractivity contribution in [2.45, 2.75) is 31.9 Å². The molecule has 0 radical (unpaired) electrons. The molecule has 0 bridgehead atoms. The van der Waals surface area contributed by atoms with Gasteiger partial charge in [0.1, 0.15) is 0 Å². The number of hydrogen-bond donors (Lipinski definition) is 3. The number of ether oxygens (including phenoxy) is 1. The maximum Gasteiger partial charge on any atom is 0.234 e. The summed E-state index contributed by atoms with van der Waals surface area (Å²) in [7, 11) is 1.54. The van der Waals surface area contributed by atoms with Crippen molar-refractivity contribution in [3.63, 3.8) is 0 Å². The van der Waals surface area contributed by atoms with Crippen molar-refractivity contribution in [2.75, 3.05) is 20.3 Å². The number of hydrogen-bond acceptors (Lipinski definition) is 4. The first-order valence-electron chi connectivity index (χ1n) is 4.81. The number of nitrogens with one attached hydrogen (secondary N) is 1. The van der Waals surface area contributed by atoms with Gasteiger partial charge in [0.2, 0.25) is 5.91 Å². The topological polar surface area (TPSA) is 84.6 Å². The van der Waals surface area contributed by atoms with E-state index in [0.29, 0.717) is 26.0 Å². The molecule has 5 heteroatoms. The smallest absolute Gasteiger partial charge is 0.234 e. The minimum Gasteiger partial charge on any atom is -0.391 e. The summed E-state index contributed by atoms with van der Waals surface area (Å²) >= 11 is 0. The van der Waals surface area contributed by atoms with E-state index >= 15 is 0 Å². The second-order valence-electron chi connectivity index (χ2n) is 3.22. The number of primary amides is 1. The van der Waals surface area contributed by atoms with E-state index in [1.165, 1.54) is 7.11 Å². The molecule has 4 N–H and O–H groups in total. The third-order valence-corrected chi connectivity index (χ3v) is 1.98. The summed E-state index contributed by atoms with van der Waals surface area (Å²) < 4.78 is 4.77. The fraction of sp³-hybridized carbons (Fsp3) is 0.889. The maximum atomic E-state index is 10.8. The van der Waals surface area contributed by atoms with Gasteiger partial charge >= 0.3 is 0 Å². The van der Waals surface area contributed by atoms with Crippen LogP contribution in [0, 0.1) is 0 Å². The summed E-state index contributed by atoms with van der Waals surface area (Å²) in [6, 6.07) is -0.301. The molecule has 0 aromatic rings. The van der Waals surface area contributed by atoms with E-state index in [2.05, 4.69) is 5.32 Å². The Hall–Kier alpha value is -0.650. The summed E-state index contributed by atoms with van der Waals surface area (Å²) in [5, 5.41) is 12.3. The monoisotopic (exact) mass is 204 g/mol. The van der Waals surface area contributed by atoms with Crippen LogP contribution in [0.15, 0.2) is 0 Å². The molecule has 0 aromatic heterocycles. The zero-order valence-corrected chi connectivity index (χ0v) is 8.82. The number of amides is 1. The standard InChI is InChI=1S/C9H20N2O3/c1-3-8(9(10)13)11-5-4-7(12)6-14-2/h7-8,11-12H,3-6H2,1-2H3,(H2,10,13). The first kappa shape index (κ1) is 13.4. The van der Waals surface area contributed by atoms with Crippen molar-refractivity contribution < 1.29 is 14.6 Å². The molecule has 0 spiro atoms. The van der Waals surface area contributed by atoms with Crippen molar-refractivity contribution in [3.8, 4) is 0 Å². The van der Waals surface area contributed by atoms with Crippen molar-refractivity contribution in [1.82, 2.24) is 5.32 Å². The van der Waals surface area contributed by atoms with Gasteiger partial charge in [-0.25, -0.2) is 0 Å². The van der Waals surface area contributed by atoms with E-state index in [1.807, 2.05) is 6.92 Å². The highest BCUT2D eigenvalue weighted by Crippen LogP contribution is 1.93. The minimum absolute atomic E-state index is 0.301. The van der Waals surface area contributed by atoms with Crippen molar-refractivity contribution in [1.29, 1.82) is 0 Å². The van der Waals surface area contributed by atoms with Gasteiger partial charge in [0.25, 0.3) is 0 Å². The SMILES string of the molecule is CCC(NCCC(O)COC)C(N)=O. The number of aliphatic hydroxyl groups excluding tert-OH is 1. The first-order valence-corrected chi connectivity index (χ1v) is 4.81. The predicted octanol–water partition coefficient (Wildman–Crippen LogP) is -0.763. The average Bonchev–Trinajstić information content (AvgIpc) is 2.12. The molecule has 0 aliphatic heterocycles. The highest BCUT2D eigenvalue weighted by Gasteiger charge is 2.12. The zero-order valence-electron chi connectivity index (χ0n) is 8.82. The summed E-state index contributed by atoms with van der Waals surface area (Å²) in [6.45, 7) is 2.76. The fourth-order valence-corrected chi connectivity index (χ4v) is 1.15. The van der Waals surface area contributed by atoms with Gasteiger partial charge in [-0.1, -0.05) is 6.92 Å². The lowest BCUT2D eigenvalue weighted by Crippen LogP contribution is -2.42. The van der Waals surface area contributed by atoms with Crippen LogP contribution in [0.25, 0.3) is 0 Å². The number of carbonyl (C=O) groups is 1. The van der Waals surface area contributed by atoms with E-state index in [4.69, 9.17) is 10.5 Å². The van der Waals surface area contributed by atoms with Crippen LogP contribution in [0.5, 0.6) is 0 Å². The lowest BCUT2D eigenvalue weighted by Gasteiger charge is -2.14. The summed E-state index contributed by atoms with van der Waals surface area (Å²) in [5.41, 5.74) is 5.13. The number of rotatable bonds is 8. The van der Waals surface area contributed by atoms with E-state index in [1.54, 1.807) is 0 Å². The van der Waals surface area contributed by atoms with Gasteiger partial charge in [0.15, 0.2) is 0 Å². The van der Waals surface area contributed by atoms with Gasteiger partial charge in [0, 0.05) is 7.11 Å². The molecule has 0 saturated carbocycles. The molecule has 0 fully saturated rings. The van der Waals surface area contributed by atoms with Gasteiger partial charge < -0.3 is 20.9 Å². The van der Waals surface area contributed by atoms with Gasteiger partial charge in [-0.2, -0.15) is 0 Å². The van der Waals surface area contributed by atoms with E-state index in [9.17, 15) is 9.90 Å². The Bertz CT molecular complexity index is 164. The molecule has 1 amide bonds. The molecular formula is C9H20N2O3. The zero-order chi connectivity index (χ0) is 11.0. The van der Waals surface area contributed by atoms with Crippen LogP contribution in [-0.2, 0) is 9.53 Å². The predicted molar refractivity (Wildman–Crippen MR) is 53.8 cm³/mol. The molecule has 2 atom stereocenters.